The fourth-order valence-electron chi connectivity index (χ4n) is 6.81. The first kappa shape index (κ1) is 24.7. The lowest BCUT2D eigenvalue weighted by atomic mass is 9.59. The summed E-state index contributed by atoms with van der Waals surface area (Å²) in [4.78, 5) is 0. The number of fused-ring (bicyclic) bond motifs is 1. The zero-order valence-electron chi connectivity index (χ0n) is 20.5. The fourth-order valence-corrected chi connectivity index (χ4v) is 6.81. The first-order chi connectivity index (χ1) is 14.4. The van der Waals surface area contributed by atoms with Gasteiger partial charge in [-0.3, -0.25) is 0 Å². The normalized spacial score (nSPS) is 37.6. The molecule has 176 valence electrons. The van der Waals surface area contributed by atoms with Crippen molar-refractivity contribution in [3.63, 3.8) is 0 Å². The van der Waals surface area contributed by atoms with Crippen LogP contribution in [0.15, 0.2) is 35.5 Å². The second-order valence-corrected chi connectivity index (χ2v) is 11.9. The molecule has 0 amide bonds. The average molecular weight is 431 g/mol. The Kier molecular flexibility index (Phi) is 7.61. The Morgan fingerprint density at radius 1 is 1.13 bits per heavy atom. The van der Waals surface area contributed by atoms with Gasteiger partial charge < -0.3 is 15.3 Å². The van der Waals surface area contributed by atoms with Crippen molar-refractivity contribution in [3.8, 4) is 0 Å². The number of hydrogen-bond acceptors (Lipinski definition) is 3. The third-order valence-electron chi connectivity index (χ3n) is 9.08. The molecule has 0 aliphatic heterocycles. The zero-order chi connectivity index (χ0) is 23.0. The molecule has 0 radical (unpaired) electrons. The van der Waals surface area contributed by atoms with Crippen LogP contribution < -0.4 is 0 Å². The topological polar surface area (TPSA) is 60.7 Å². The van der Waals surface area contributed by atoms with Crippen LogP contribution in [0, 0.1) is 29.1 Å². The van der Waals surface area contributed by atoms with Crippen molar-refractivity contribution in [2.24, 2.45) is 29.1 Å². The first-order valence-electron chi connectivity index (χ1n) is 12.6. The van der Waals surface area contributed by atoms with Crippen molar-refractivity contribution >= 4 is 0 Å². The third-order valence-corrected chi connectivity index (χ3v) is 9.08. The summed E-state index contributed by atoms with van der Waals surface area (Å²) in [6, 6.07) is 0. The minimum atomic E-state index is -0.618. The van der Waals surface area contributed by atoms with Gasteiger partial charge in [-0.15, -0.1) is 0 Å². The highest BCUT2D eigenvalue weighted by Crippen LogP contribution is 2.60. The minimum absolute atomic E-state index is 0.366. The van der Waals surface area contributed by atoms with Crippen LogP contribution in [0.25, 0.3) is 0 Å². The number of allylic oxidation sites excluding steroid dienone is 3. The standard InChI is InChI=1S/C28H46O3/c1-18(13-15-27(4,5)31)19(2)23-11-12-24-22(8-7-14-28(23,24)6)10-9-21-16-25(29)20(3)26(30)17-21/h9-10,18-19,23-26,29-31H,3,7-8,11-17H2,1-2,4-6H3/b22-10+/t18-,19+,23?,24?,25+,26+,28+/m0/s1. The highest BCUT2D eigenvalue weighted by Gasteiger charge is 2.51. The van der Waals surface area contributed by atoms with E-state index in [1.54, 1.807) is 5.57 Å². The van der Waals surface area contributed by atoms with Crippen molar-refractivity contribution in [1.29, 1.82) is 0 Å². The Hall–Kier alpha value is -0.900. The molecule has 0 aromatic carbocycles. The van der Waals surface area contributed by atoms with Gasteiger partial charge in [0, 0.05) is 0 Å². The van der Waals surface area contributed by atoms with Gasteiger partial charge in [0.2, 0.25) is 0 Å². The molecule has 3 fully saturated rings. The Bertz CT molecular complexity index is 696. The molecule has 0 aromatic heterocycles. The maximum absolute atomic E-state index is 10.2. The molecular weight excluding hydrogens is 384 g/mol. The van der Waals surface area contributed by atoms with Crippen molar-refractivity contribution in [2.45, 2.75) is 110 Å². The minimum Gasteiger partial charge on any atom is -0.390 e. The van der Waals surface area contributed by atoms with Crippen LogP contribution in [0.4, 0.5) is 0 Å². The van der Waals surface area contributed by atoms with Gasteiger partial charge in [0.15, 0.2) is 0 Å². The van der Waals surface area contributed by atoms with Crippen LogP contribution in [0.2, 0.25) is 0 Å². The molecule has 2 unspecified atom stereocenters. The summed E-state index contributed by atoms with van der Waals surface area (Å²) >= 11 is 0. The molecule has 0 saturated heterocycles. The van der Waals surface area contributed by atoms with Crippen molar-refractivity contribution in [2.75, 3.05) is 0 Å². The summed E-state index contributed by atoms with van der Waals surface area (Å²) in [7, 11) is 0. The number of aliphatic hydroxyl groups excluding tert-OH is 2. The second kappa shape index (κ2) is 9.53. The smallest absolute Gasteiger partial charge is 0.0809 e. The summed E-state index contributed by atoms with van der Waals surface area (Å²) in [5.74, 6) is 2.69. The monoisotopic (exact) mass is 430 g/mol. The highest BCUT2D eigenvalue weighted by molar-refractivity contribution is 5.29. The molecule has 3 nitrogen and oxygen atoms in total. The molecule has 0 heterocycles. The van der Waals surface area contributed by atoms with E-state index in [-0.39, 0.29) is 0 Å². The zero-order valence-corrected chi connectivity index (χ0v) is 20.5. The van der Waals surface area contributed by atoms with Gasteiger partial charge in [-0.2, -0.15) is 0 Å². The predicted molar refractivity (Wildman–Crippen MR) is 129 cm³/mol. The molecule has 0 bridgehead atoms. The summed E-state index contributed by atoms with van der Waals surface area (Å²) in [5, 5.41) is 30.5. The molecule has 3 rings (SSSR count). The summed E-state index contributed by atoms with van der Waals surface area (Å²) in [6.07, 6.45) is 12.8. The maximum atomic E-state index is 10.2. The number of hydrogen-bond donors (Lipinski definition) is 3. The molecule has 3 N–H and O–H groups in total. The van der Waals surface area contributed by atoms with E-state index in [2.05, 4.69) is 39.5 Å². The predicted octanol–water partition coefficient (Wildman–Crippen LogP) is 5.95. The van der Waals surface area contributed by atoms with E-state index in [0.29, 0.717) is 41.6 Å². The summed E-state index contributed by atoms with van der Waals surface area (Å²) in [5.41, 5.74) is 3.06. The SMILES string of the molecule is C=C1[C@H](O)CC(=C/C=C2\CCC[C@@]3(C)C2CCC3[C@H](C)[C@@H](C)CCC(C)(C)O)C[C@H]1O. The van der Waals surface area contributed by atoms with Crippen LogP contribution in [0.1, 0.15) is 92.4 Å². The lowest BCUT2D eigenvalue weighted by molar-refractivity contribution is 0.0447. The van der Waals surface area contributed by atoms with Crippen LogP contribution in [0.5, 0.6) is 0 Å². The lowest BCUT2D eigenvalue weighted by Gasteiger charge is -2.45. The van der Waals surface area contributed by atoms with Gasteiger partial charge in [-0.25, -0.2) is 0 Å². The summed E-state index contributed by atoms with van der Waals surface area (Å²) in [6.45, 7) is 15.0. The maximum Gasteiger partial charge on any atom is 0.0809 e. The fraction of sp³-hybridized carbons (Fsp3) is 0.786. The van der Waals surface area contributed by atoms with Gasteiger partial charge in [0.1, 0.15) is 0 Å². The van der Waals surface area contributed by atoms with E-state index in [9.17, 15) is 15.3 Å². The molecule has 7 atom stereocenters. The van der Waals surface area contributed by atoms with Crippen molar-refractivity contribution in [3.05, 3.63) is 35.5 Å². The third kappa shape index (κ3) is 5.54. The van der Waals surface area contributed by atoms with E-state index >= 15 is 0 Å². The van der Waals surface area contributed by atoms with Gasteiger partial charge in [-0.05, 0) is 106 Å². The number of aliphatic hydroxyl groups is 3. The molecular formula is C28H46O3. The van der Waals surface area contributed by atoms with Gasteiger partial charge in [-0.1, -0.05) is 50.6 Å². The average Bonchev–Trinajstić information content (AvgIpc) is 3.04. The Morgan fingerprint density at radius 2 is 1.77 bits per heavy atom. The summed E-state index contributed by atoms with van der Waals surface area (Å²) < 4.78 is 0. The lowest BCUT2D eigenvalue weighted by Crippen LogP contribution is -2.37. The Morgan fingerprint density at radius 3 is 2.39 bits per heavy atom. The second-order valence-electron chi connectivity index (χ2n) is 11.9. The molecule has 31 heavy (non-hydrogen) atoms. The van der Waals surface area contributed by atoms with E-state index in [1.807, 2.05) is 13.8 Å². The molecule has 3 saturated carbocycles. The Labute approximate surface area is 190 Å². The number of rotatable bonds is 6. The van der Waals surface area contributed by atoms with Gasteiger partial charge in [0.05, 0.1) is 17.8 Å². The van der Waals surface area contributed by atoms with E-state index < -0.39 is 17.8 Å². The van der Waals surface area contributed by atoms with Crippen molar-refractivity contribution < 1.29 is 15.3 Å². The molecule has 3 aliphatic carbocycles. The van der Waals surface area contributed by atoms with Crippen LogP contribution in [-0.4, -0.2) is 33.1 Å². The van der Waals surface area contributed by atoms with Crippen LogP contribution >= 0.6 is 0 Å². The van der Waals surface area contributed by atoms with Gasteiger partial charge in [0.25, 0.3) is 0 Å². The van der Waals surface area contributed by atoms with Gasteiger partial charge >= 0.3 is 0 Å². The van der Waals surface area contributed by atoms with Crippen LogP contribution in [0.3, 0.4) is 0 Å². The largest absolute Gasteiger partial charge is 0.390 e. The molecule has 3 aliphatic rings. The Balaban J connectivity index is 1.71. The highest BCUT2D eigenvalue weighted by atomic mass is 16.3. The van der Waals surface area contributed by atoms with E-state index in [1.165, 1.54) is 32.1 Å². The quantitative estimate of drug-likeness (QED) is 0.456. The van der Waals surface area contributed by atoms with E-state index in [0.717, 1.165) is 24.3 Å². The van der Waals surface area contributed by atoms with Crippen LogP contribution in [-0.2, 0) is 0 Å². The van der Waals surface area contributed by atoms with Crippen molar-refractivity contribution in [1.82, 2.24) is 0 Å². The molecule has 0 spiro atoms. The molecule has 0 aromatic rings. The first-order valence-corrected chi connectivity index (χ1v) is 12.6. The molecule has 3 heteroatoms. The van der Waals surface area contributed by atoms with E-state index in [4.69, 9.17) is 0 Å².